The number of aromatic nitrogens is 2. The highest BCUT2D eigenvalue weighted by Crippen LogP contribution is 2.15. The lowest BCUT2D eigenvalue weighted by molar-refractivity contribution is -0.128. The molecule has 2 rings (SSSR count). The molecule has 1 aliphatic heterocycles. The van der Waals surface area contributed by atoms with Gasteiger partial charge in [0.2, 0.25) is 11.8 Å². The SMILES string of the molecule is CC(=O)N1CCC(Oc2cnccn2)C1. The van der Waals surface area contributed by atoms with E-state index in [9.17, 15) is 4.79 Å². The summed E-state index contributed by atoms with van der Waals surface area (Å²) in [6, 6.07) is 0. The molecular weight excluding hydrogens is 194 g/mol. The van der Waals surface area contributed by atoms with E-state index in [0.717, 1.165) is 13.0 Å². The zero-order chi connectivity index (χ0) is 10.7. The summed E-state index contributed by atoms with van der Waals surface area (Å²) in [5, 5.41) is 0. The molecule has 0 aliphatic carbocycles. The predicted molar refractivity (Wildman–Crippen MR) is 53.3 cm³/mol. The smallest absolute Gasteiger partial charge is 0.232 e. The summed E-state index contributed by atoms with van der Waals surface area (Å²) in [7, 11) is 0. The first-order valence-electron chi connectivity index (χ1n) is 4.94. The third-order valence-electron chi connectivity index (χ3n) is 2.42. The van der Waals surface area contributed by atoms with E-state index in [4.69, 9.17) is 4.74 Å². The number of hydrogen-bond donors (Lipinski definition) is 0. The monoisotopic (exact) mass is 207 g/mol. The van der Waals surface area contributed by atoms with Crippen LogP contribution < -0.4 is 4.74 Å². The molecule has 1 atom stereocenters. The number of hydrogen-bond acceptors (Lipinski definition) is 4. The Kier molecular flexibility index (Phi) is 2.80. The normalized spacial score (nSPS) is 20.3. The van der Waals surface area contributed by atoms with Gasteiger partial charge in [0.1, 0.15) is 6.10 Å². The first kappa shape index (κ1) is 9.89. The Morgan fingerprint density at radius 3 is 3.07 bits per heavy atom. The van der Waals surface area contributed by atoms with Gasteiger partial charge in [-0.1, -0.05) is 0 Å². The van der Waals surface area contributed by atoms with Crippen molar-refractivity contribution in [2.75, 3.05) is 13.1 Å². The molecular formula is C10H13N3O2. The predicted octanol–water partition coefficient (Wildman–Crippen LogP) is 0.476. The molecule has 0 radical (unpaired) electrons. The molecule has 1 aliphatic rings. The van der Waals surface area contributed by atoms with Crippen LogP contribution in [-0.4, -0.2) is 40.0 Å². The van der Waals surface area contributed by atoms with E-state index >= 15 is 0 Å². The van der Waals surface area contributed by atoms with Crippen LogP contribution in [0.25, 0.3) is 0 Å². The van der Waals surface area contributed by atoms with Gasteiger partial charge in [-0.05, 0) is 0 Å². The van der Waals surface area contributed by atoms with Gasteiger partial charge >= 0.3 is 0 Å². The Morgan fingerprint density at radius 1 is 1.60 bits per heavy atom. The summed E-state index contributed by atoms with van der Waals surface area (Å²) in [6.45, 7) is 2.98. The maximum Gasteiger partial charge on any atom is 0.232 e. The van der Waals surface area contributed by atoms with E-state index in [1.165, 1.54) is 0 Å². The van der Waals surface area contributed by atoms with Crippen LogP contribution in [0.15, 0.2) is 18.6 Å². The van der Waals surface area contributed by atoms with Gasteiger partial charge in [-0.25, -0.2) is 4.98 Å². The second-order valence-electron chi connectivity index (χ2n) is 3.54. The van der Waals surface area contributed by atoms with Crippen LogP contribution in [0.1, 0.15) is 13.3 Å². The van der Waals surface area contributed by atoms with E-state index in [1.54, 1.807) is 30.4 Å². The van der Waals surface area contributed by atoms with E-state index in [-0.39, 0.29) is 12.0 Å². The molecule has 0 saturated carbocycles. The average molecular weight is 207 g/mol. The second-order valence-corrected chi connectivity index (χ2v) is 3.54. The zero-order valence-corrected chi connectivity index (χ0v) is 8.59. The molecule has 1 aromatic rings. The van der Waals surface area contributed by atoms with Crippen molar-refractivity contribution in [3.8, 4) is 5.88 Å². The molecule has 1 unspecified atom stereocenters. The Balaban J connectivity index is 1.90. The zero-order valence-electron chi connectivity index (χ0n) is 8.59. The van der Waals surface area contributed by atoms with E-state index in [0.29, 0.717) is 12.4 Å². The Hall–Kier alpha value is -1.65. The summed E-state index contributed by atoms with van der Waals surface area (Å²) in [4.78, 5) is 20.8. The summed E-state index contributed by atoms with van der Waals surface area (Å²) >= 11 is 0. The largest absolute Gasteiger partial charge is 0.471 e. The number of carbonyl (C=O) groups is 1. The van der Waals surface area contributed by atoms with Crippen LogP contribution in [0.4, 0.5) is 0 Å². The third kappa shape index (κ3) is 2.43. The molecule has 0 spiro atoms. The molecule has 0 N–H and O–H groups in total. The minimum atomic E-state index is 0.0469. The molecule has 2 heterocycles. The number of likely N-dealkylation sites (tertiary alicyclic amines) is 1. The Bertz CT molecular complexity index is 342. The van der Waals surface area contributed by atoms with Crippen molar-refractivity contribution < 1.29 is 9.53 Å². The van der Waals surface area contributed by atoms with Crippen molar-refractivity contribution in [3.63, 3.8) is 0 Å². The van der Waals surface area contributed by atoms with E-state index in [2.05, 4.69) is 9.97 Å². The van der Waals surface area contributed by atoms with Crippen LogP contribution in [0.2, 0.25) is 0 Å². The van der Waals surface area contributed by atoms with Gasteiger partial charge in [-0.15, -0.1) is 0 Å². The number of amides is 1. The van der Waals surface area contributed by atoms with Gasteiger partial charge in [0, 0.05) is 32.3 Å². The Morgan fingerprint density at radius 2 is 2.47 bits per heavy atom. The lowest BCUT2D eigenvalue weighted by Crippen LogP contribution is -2.28. The van der Waals surface area contributed by atoms with Gasteiger partial charge in [0.15, 0.2) is 0 Å². The molecule has 5 heteroatoms. The number of ether oxygens (including phenoxy) is 1. The quantitative estimate of drug-likeness (QED) is 0.707. The molecule has 1 saturated heterocycles. The average Bonchev–Trinajstić information content (AvgIpc) is 2.68. The number of nitrogens with zero attached hydrogens (tertiary/aromatic N) is 3. The van der Waals surface area contributed by atoms with Gasteiger partial charge in [-0.2, -0.15) is 0 Å². The maximum absolute atomic E-state index is 11.1. The lowest BCUT2D eigenvalue weighted by atomic mass is 10.3. The minimum Gasteiger partial charge on any atom is -0.471 e. The topological polar surface area (TPSA) is 55.3 Å². The van der Waals surface area contributed by atoms with Crippen LogP contribution in [0.3, 0.4) is 0 Å². The molecule has 0 aromatic carbocycles. The van der Waals surface area contributed by atoms with Crippen molar-refractivity contribution in [1.82, 2.24) is 14.9 Å². The molecule has 5 nitrogen and oxygen atoms in total. The second kappa shape index (κ2) is 4.25. The fourth-order valence-corrected chi connectivity index (χ4v) is 1.63. The highest BCUT2D eigenvalue weighted by Gasteiger charge is 2.25. The van der Waals surface area contributed by atoms with Crippen LogP contribution in [0, 0.1) is 0 Å². The summed E-state index contributed by atoms with van der Waals surface area (Å²) in [6.07, 6.45) is 5.67. The van der Waals surface area contributed by atoms with Crippen molar-refractivity contribution >= 4 is 5.91 Å². The van der Waals surface area contributed by atoms with Crippen molar-refractivity contribution in [2.24, 2.45) is 0 Å². The fourth-order valence-electron chi connectivity index (χ4n) is 1.63. The standard InChI is InChI=1S/C10H13N3O2/c1-8(14)13-5-2-9(7-13)15-10-6-11-3-4-12-10/h3-4,6,9H,2,5,7H2,1H3. The van der Waals surface area contributed by atoms with E-state index < -0.39 is 0 Å². The first-order chi connectivity index (χ1) is 7.25. The summed E-state index contributed by atoms with van der Waals surface area (Å²) in [5.41, 5.74) is 0. The van der Waals surface area contributed by atoms with Crippen LogP contribution in [-0.2, 0) is 4.79 Å². The highest BCUT2D eigenvalue weighted by molar-refractivity contribution is 5.73. The van der Waals surface area contributed by atoms with Gasteiger partial charge in [0.05, 0.1) is 12.7 Å². The summed E-state index contributed by atoms with van der Waals surface area (Å²) < 4.78 is 5.59. The molecule has 1 fully saturated rings. The van der Waals surface area contributed by atoms with Gasteiger partial charge in [-0.3, -0.25) is 9.78 Å². The Labute approximate surface area is 88.1 Å². The lowest BCUT2D eigenvalue weighted by Gasteiger charge is -2.14. The number of carbonyl (C=O) groups excluding carboxylic acids is 1. The molecule has 1 amide bonds. The molecule has 1 aromatic heterocycles. The van der Waals surface area contributed by atoms with Crippen molar-refractivity contribution in [1.29, 1.82) is 0 Å². The van der Waals surface area contributed by atoms with Gasteiger partial charge in [0.25, 0.3) is 0 Å². The molecule has 0 bridgehead atoms. The number of rotatable bonds is 2. The molecule has 80 valence electrons. The van der Waals surface area contributed by atoms with Crippen LogP contribution >= 0.6 is 0 Å². The van der Waals surface area contributed by atoms with Crippen molar-refractivity contribution in [3.05, 3.63) is 18.6 Å². The molecule has 15 heavy (non-hydrogen) atoms. The van der Waals surface area contributed by atoms with Gasteiger partial charge < -0.3 is 9.64 Å². The van der Waals surface area contributed by atoms with E-state index in [1.807, 2.05) is 0 Å². The van der Waals surface area contributed by atoms with Crippen LogP contribution in [0.5, 0.6) is 5.88 Å². The first-order valence-corrected chi connectivity index (χ1v) is 4.94. The summed E-state index contributed by atoms with van der Waals surface area (Å²) in [5.74, 6) is 0.619. The fraction of sp³-hybridized carbons (Fsp3) is 0.500. The highest BCUT2D eigenvalue weighted by atomic mass is 16.5. The minimum absolute atomic E-state index is 0.0469. The maximum atomic E-state index is 11.1. The van der Waals surface area contributed by atoms with Crippen molar-refractivity contribution in [2.45, 2.75) is 19.4 Å². The third-order valence-corrected chi connectivity index (χ3v) is 2.42.